The molecule has 4 rings (SSSR count). The number of aliphatic imine (C=N–C) groups is 1. The van der Waals surface area contributed by atoms with Crippen LogP contribution in [0, 0.1) is 0 Å². The molecule has 0 bridgehead atoms. The predicted octanol–water partition coefficient (Wildman–Crippen LogP) is 2.39. The summed E-state index contributed by atoms with van der Waals surface area (Å²) in [6.45, 7) is 3.65. The summed E-state index contributed by atoms with van der Waals surface area (Å²) in [6, 6.07) is 17.1. The van der Waals surface area contributed by atoms with Gasteiger partial charge in [-0.3, -0.25) is 14.5 Å². The third-order valence-electron chi connectivity index (χ3n) is 5.38. The Morgan fingerprint density at radius 2 is 1.73 bits per heavy atom. The van der Waals surface area contributed by atoms with E-state index in [1.54, 1.807) is 7.11 Å². The smallest absolute Gasteiger partial charge is 0.276 e. The van der Waals surface area contributed by atoms with Crippen LogP contribution in [0.15, 0.2) is 59.6 Å². The molecule has 0 saturated carbocycles. The number of imide groups is 1. The van der Waals surface area contributed by atoms with E-state index < -0.39 is 5.92 Å². The summed E-state index contributed by atoms with van der Waals surface area (Å²) >= 11 is 0. The van der Waals surface area contributed by atoms with Crippen molar-refractivity contribution in [3.05, 3.63) is 60.2 Å². The Bertz CT molecular complexity index is 921. The molecule has 2 heterocycles. The number of morpholine rings is 1. The number of nitrogens with zero attached hydrogens (tertiary/aromatic N) is 3. The van der Waals surface area contributed by atoms with Gasteiger partial charge in [0.2, 0.25) is 5.91 Å². The molecule has 2 aliphatic heterocycles. The highest BCUT2D eigenvalue weighted by atomic mass is 16.5. The van der Waals surface area contributed by atoms with E-state index in [4.69, 9.17) is 9.47 Å². The maximum atomic E-state index is 13.0. The third kappa shape index (κ3) is 4.13. The highest BCUT2D eigenvalue weighted by Gasteiger charge is 2.45. The summed E-state index contributed by atoms with van der Waals surface area (Å²) in [5, 5.41) is 0. The molecule has 2 saturated heterocycles. The summed E-state index contributed by atoms with van der Waals surface area (Å²) in [4.78, 5) is 34.2. The monoisotopic (exact) mass is 407 g/mol. The van der Waals surface area contributed by atoms with Crippen molar-refractivity contribution in [1.29, 1.82) is 0 Å². The molecule has 0 aromatic heterocycles. The number of ether oxygens (including phenoxy) is 2. The van der Waals surface area contributed by atoms with Crippen molar-refractivity contribution in [3.8, 4) is 0 Å². The minimum Gasteiger partial charge on any atom is -0.383 e. The first-order valence-electron chi connectivity index (χ1n) is 10.1. The minimum atomic E-state index is -0.700. The Hall–Kier alpha value is -3.03. The fourth-order valence-corrected chi connectivity index (χ4v) is 3.79. The zero-order valence-electron chi connectivity index (χ0n) is 17.0. The van der Waals surface area contributed by atoms with Crippen molar-refractivity contribution in [2.24, 2.45) is 4.99 Å². The molecule has 0 N–H and O–H groups in total. The Morgan fingerprint density at radius 1 is 1.03 bits per heavy atom. The van der Waals surface area contributed by atoms with Gasteiger partial charge in [-0.25, -0.2) is 4.99 Å². The van der Waals surface area contributed by atoms with Gasteiger partial charge in [0, 0.05) is 25.9 Å². The number of hydrogen-bond acceptors (Lipinski definition) is 6. The molecular formula is C23H25N3O4. The van der Waals surface area contributed by atoms with Crippen molar-refractivity contribution in [3.63, 3.8) is 0 Å². The number of benzene rings is 2. The molecule has 2 amide bonds. The van der Waals surface area contributed by atoms with Crippen LogP contribution in [0.2, 0.25) is 0 Å². The molecule has 2 aromatic rings. The lowest BCUT2D eigenvalue weighted by molar-refractivity contribution is -0.138. The van der Waals surface area contributed by atoms with Crippen LogP contribution in [0.1, 0.15) is 11.5 Å². The number of rotatable bonds is 6. The first-order valence-corrected chi connectivity index (χ1v) is 10.1. The molecule has 2 aliphatic rings. The van der Waals surface area contributed by atoms with Crippen molar-refractivity contribution < 1.29 is 19.1 Å². The van der Waals surface area contributed by atoms with Gasteiger partial charge in [0.1, 0.15) is 11.6 Å². The SMILES string of the molecule is COCCN1C(=O)C(=Nc2ccc(N3CCOCC3)cc2)C(c2ccccc2)C1=O. The highest BCUT2D eigenvalue weighted by Crippen LogP contribution is 2.30. The van der Waals surface area contributed by atoms with E-state index in [0.717, 1.165) is 37.6 Å². The van der Waals surface area contributed by atoms with E-state index in [1.165, 1.54) is 4.90 Å². The number of likely N-dealkylation sites (tertiary alicyclic amines) is 1. The zero-order valence-corrected chi connectivity index (χ0v) is 17.0. The van der Waals surface area contributed by atoms with E-state index in [2.05, 4.69) is 9.89 Å². The first kappa shape index (κ1) is 20.3. The topological polar surface area (TPSA) is 71.4 Å². The van der Waals surface area contributed by atoms with Gasteiger partial charge in [-0.05, 0) is 29.8 Å². The highest BCUT2D eigenvalue weighted by molar-refractivity contribution is 6.52. The number of hydrogen-bond donors (Lipinski definition) is 0. The van der Waals surface area contributed by atoms with E-state index in [9.17, 15) is 9.59 Å². The molecule has 30 heavy (non-hydrogen) atoms. The van der Waals surface area contributed by atoms with Gasteiger partial charge < -0.3 is 14.4 Å². The van der Waals surface area contributed by atoms with Gasteiger partial charge in [0.15, 0.2) is 0 Å². The fourth-order valence-electron chi connectivity index (χ4n) is 3.79. The van der Waals surface area contributed by atoms with Crippen LogP contribution in [0.4, 0.5) is 11.4 Å². The van der Waals surface area contributed by atoms with Crippen LogP contribution in [-0.4, -0.2) is 69.0 Å². The minimum absolute atomic E-state index is 0.215. The molecule has 2 fully saturated rings. The molecule has 0 spiro atoms. The summed E-state index contributed by atoms with van der Waals surface area (Å²) in [5.41, 5.74) is 2.76. The van der Waals surface area contributed by atoms with Gasteiger partial charge in [-0.1, -0.05) is 30.3 Å². The Labute approximate surface area is 175 Å². The average molecular weight is 407 g/mol. The summed E-state index contributed by atoms with van der Waals surface area (Å²) in [5.74, 6) is -1.32. The van der Waals surface area contributed by atoms with Gasteiger partial charge in [-0.2, -0.15) is 0 Å². The Kier molecular flexibility index (Phi) is 6.21. The lowest BCUT2D eigenvalue weighted by atomic mass is 9.96. The van der Waals surface area contributed by atoms with Gasteiger partial charge in [0.25, 0.3) is 5.91 Å². The Morgan fingerprint density at radius 3 is 2.40 bits per heavy atom. The quantitative estimate of drug-likeness (QED) is 0.688. The van der Waals surface area contributed by atoms with E-state index in [-0.39, 0.29) is 24.1 Å². The number of amides is 2. The van der Waals surface area contributed by atoms with Gasteiger partial charge in [-0.15, -0.1) is 0 Å². The lowest BCUT2D eigenvalue weighted by Crippen LogP contribution is -2.36. The third-order valence-corrected chi connectivity index (χ3v) is 5.38. The van der Waals surface area contributed by atoms with Crippen LogP contribution in [0.5, 0.6) is 0 Å². The normalized spacial score (nSPS) is 21.0. The number of anilines is 1. The number of methoxy groups -OCH3 is 1. The molecular weight excluding hydrogens is 382 g/mol. The lowest BCUT2D eigenvalue weighted by Gasteiger charge is -2.28. The molecule has 1 unspecified atom stereocenters. The van der Waals surface area contributed by atoms with Gasteiger partial charge in [0.05, 0.1) is 32.1 Å². The second-order valence-corrected chi connectivity index (χ2v) is 7.24. The maximum absolute atomic E-state index is 13.0. The standard InChI is InChI=1S/C23H25N3O4/c1-29-14-13-26-22(27)20(17-5-3-2-4-6-17)21(23(26)28)24-18-7-9-19(10-8-18)25-11-15-30-16-12-25/h2-10,20H,11-16H2,1H3. The molecule has 2 aromatic carbocycles. The fraction of sp³-hybridized carbons (Fsp3) is 0.348. The molecule has 0 radical (unpaired) electrons. The van der Waals surface area contributed by atoms with Crippen LogP contribution >= 0.6 is 0 Å². The van der Waals surface area contributed by atoms with Crippen LogP contribution in [0.3, 0.4) is 0 Å². The maximum Gasteiger partial charge on any atom is 0.276 e. The van der Waals surface area contributed by atoms with Crippen molar-refractivity contribution in [2.75, 3.05) is 51.5 Å². The first-order chi connectivity index (χ1) is 14.7. The molecule has 156 valence electrons. The van der Waals surface area contributed by atoms with E-state index in [0.29, 0.717) is 12.3 Å². The van der Waals surface area contributed by atoms with Crippen molar-refractivity contribution in [1.82, 2.24) is 4.90 Å². The van der Waals surface area contributed by atoms with E-state index >= 15 is 0 Å². The summed E-state index contributed by atoms with van der Waals surface area (Å²) in [6.07, 6.45) is 0. The Balaban J connectivity index is 1.64. The number of carbonyl (C=O) groups is 2. The molecule has 7 nitrogen and oxygen atoms in total. The zero-order chi connectivity index (χ0) is 20.9. The number of carbonyl (C=O) groups excluding carboxylic acids is 2. The average Bonchev–Trinajstić information content (AvgIpc) is 3.03. The molecule has 1 atom stereocenters. The van der Waals surface area contributed by atoms with Crippen LogP contribution in [0.25, 0.3) is 0 Å². The summed E-state index contributed by atoms with van der Waals surface area (Å²) < 4.78 is 10.5. The van der Waals surface area contributed by atoms with Crippen molar-refractivity contribution in [2.45, 2.75) is 5.92 Å². The second-order valence-electron chi connectivity index (χ2n) is 7.24. The largest absolute Gasteiger partial charge is 0.383 e. The predicted molar refractivity (Wildman–Crippen MR) is 114 cm³/mol. The summed E-state index contributed by atoms with van der Waals surface area (Å²) in [7, 11) is 1.55. The molecule has 0 aliphatic carbocycles. The van der Waals surface area contributed by atoms with Crippen molar-refractivity contribution >= 4 is 28.9 Å². The van der Waals surface area contributed by atoms with Crippen LogP contribution < -0.4 is 4.90 Å². The molecule has 7 heteroatoms. The van der Waals surface area contributed by atoms with Crippen LogP contribution in [-0.2, 0) is 19.1 Å². The second kappa shape index (κ2) is 9.19. The van der Waals surface area contributed by atoms with E-state index in [1.807, 2.05) is 54.6 Å². The van der Waals surface area contributed by atoms with Gasteiger partial charge >= 0.3 is 0 Å².